The van der Waals surface area contributed by atoms with Gasteiger partial charge in [-0.15, -0.1) is 9.40 Å². The number of rotatable bonds is 6. The molecule has 0 radical (unpaired) electrons. The first-order chi connectivity index (χ1) is 8.75. The highest BCUT2D eigenvalue weighted by molar-refractivity contribution is 7.94. The number of hydrogen-bond acceptors (Lipinski definition) is 6. The monoisotopic (exact) mass is 269 g/mol. The van der Waals surface area contributed by atoms with Crippen LogP contribution in [0.2, 0.25) is 0 Å². The normalized spacial score (nSPS) is 14.2. The highest BCUT2D eigenvalue weighted by atomic mass is 32.2. The SMILES string of the molecule is CCCSOOON1C(=O)c2ccccc2C1=O. The van der Waals surface area contributed by atoms with E-state index in [-0.39, 0.29) is 11.1 Å². The van der Waals surface area contributed by atoms with Crippen LogP contribution >= 0.6 is 12.0 Å². The van der Waals surface area contributed by atoms with E-state index in [0.29, 0.717) is 10.8 Å². The molecule has 1 aromatic rings. The van der Waals surface area contributed by atoms with Gasteiger partial charge in [0.2, 0.25) is 0 Å². The van der Waals surface area contributed by atoms with Gasteiger partial charge in [-0.2, -0.15) is 0 Å². The second-order valence-corrected chi connectivity index (χ2v) is 4.26. The van der Waals surface area contributed by atoms with Crippen molar-refractivity contribution >= 4 is 23.9 Å². The topological polar surface area (TPSA) is 65.1 Å². The first kappa shape index (κ1) is 13.0. The first-order valence-electron chi connectivity index (χ1n) is 5.36. The van der Waals surface area contributed by atoms with Crippen molar-refractivity contribution < 1.29 is 23.9 Å². The van der Waals surface area contributed by atoms with Crippen molar-refractivity contribution in [2.75, 3.05) is 5.75 Å². The fourth-order valence-electron chi connectivity index (χ4n) is 1.41. The Bertz CT molecular complexity index is 430. The molecule has 1 aromatic carbocycles. The molecular weight excluding hydrogens is 258 g/mol. The molecule has 1 aliphatic rings. The van der Waals surface area contributed by atoms with Crippen LogP contribution in [0.15, 0.2) is 24.3 Å². The van der Waals surface area contributed by atoms with Gasteiger partial charge in [-0.1, -0.05) is 24.0 Å². The van der Waals surface area contributed by atoms with Gasteiger partial charge in [-0.05, 0) is 23.6 Å². The third-order valence-electron chi connectivity index (χ3n) is 2.23. The van der Waals surface area contributed by atoms with Gasteiger partial charge in [0.05, 0.1) is 11.1 Å². The van der Waals surface area contributed by atoms with Crippen molar-refractivity contribution in [3.8, 4) is 0 Å². The molecule has 6 nitrogen and oxygen atoms in total. The highest BCUT2D eigenvalue weighted by Crippen LogP contribution is 2.23. The maximum absolute atomic E-state index is 11.8. The molecule has 1 aliphatic heterocycles. The van der Waals surface area contributed by atoms with Crippen molar-refractivity contribution in [3.05, 3.63) is 35.4 Å². The quantitative estimate of drug-likeness (QED) is 0.259. The van der Waals surface area contributed by atoms with E-state index in [4.69, 9.17) is 0 Å². The van der Waals surface area contributed by atoms with Crippen molar-refractivity contribution in [1.82, 2.24) is 5.06 Å². The average molecular weight is 269 g/mol. The molecule has 1 heterocycles. The van der Waals surface area contributed by atoms with Gasteiger partial charge in [0, 0.05) is 17.8 Å². The molecule has 18 heavy (non-hydrogen) atoms. The lowest BCUT2D eigenvalue weighted by Crippen LogP contribution is -2.29. The maximum Gasteiger partial charge on any atom is 0.288 e. The minimum atomic E-state index is -0.570. The molecule has 2 rings (SSSR count). The van der Waals surface area contributed by atoms with Crippen LogP contribution in [0.4, 0.5) is 0 Å². The molecule has 2 amide bonds. The number of imide groups is 1. The van der Waals surface area contributed by atoms with Gasteiger partial charge < -0.3 is 0 Å². The van der Waals surface area contributed by atoms with E-state index >= 15 is 0 Å². The molecular formula is C11H11NO5S. The third kappa shape index (κ3) is 2.54. The summed E-state index contributed by atoms with van der Waals surface area (Å²) >= 11 is 1.03. The Kier molecular flexibility index (Phi) is 4.32. The predicted octanol–water partition coefficient (Wildman–Crippen LogP) is 2.14. The lowest BCUT2D eigenvalue weighted by Gasteiger charge is -2.09. The number of benzene rings is 1. The summed E-state index contributed by atoms with van der Waals surface area (Å²) in [6.45, 7) is 1.97. The number of hydrogen-bond donors (Lipinski definition) is 0. The molecule has 0 bridgehead atoms. The van der Waals surface area contributed by atoms with Gasteiger partial charge in [0.1, 0.15) is 0 Å². The van der Waals surface area contributed by atoms with Gasteiger partial charge in [0.15, 0.2) is 0 Å². The Morgan fingerprint density at radius 2 is 1.78 bits per heavy atom. The third-order valence-corrected chi connectivity index (χ3v) is 2.95. The van der Waals surface area contributed by atoms with E-state index in [1.165, 1.54) is 0 Å². The van der Waals surface area contributed by atoms with E-state index in [1.807, 2.05) is 6.92 Å². The Morgan fingerprint density at radius 3 is 2.33 bits per heavy atom. The molecule has 0 N–H and O–H groups in total. The first-order valence-corrected chi connectivity index (χ1v) is 6.27. The summed E-state index contributed by atoms with van der Waals surface area (Å²) in [6, 6.07) is 6.43. The van der Waals surface area contributed by atoms with Gasteiger partial charge in [-0.3, -0.25) is 9.59 Å². The van der Waals surface area contributed by atoms with Crippen LogP contribution < -0.4 is 0 Å². The maximum atomic E-state index is 11.8. The van der Waals surface area contributed by atoms with Gasteiger partial charge in [-0.25, -0.2) is 0 Å². The van der Waals surface area contributed by atoms with Crippen molar-refractivity contribution in [1.29, 1.82) is 0 Å². The summed E-state index contributed by atoms with van der Waals surface area (Å²) in [7, 11) is 0. The number of carbonyl (C=O) groups excluding carboxylic acids is 2. The Morgan fingerprint density at radius 1 is 1.17 bits per heavy atom. The van der Waals surface area contributed by atoms with E-state index in [0.717, 1.165) is 18.5 Å². The minimum Gasteiger partial charge on any atom is -0.266 e. The summed E-state index contributed by atoms with van der Waals surface area (Å²) < 4.78 is 4.58. The number of fused-ring (bicyclic) bond motifs is 1. The molecule has 0 saturated heterocycles. The van der Waals surface area contributed by atoms with Crippen LogP contribution in [0, 0.1) is 0 Å². The van der Waals surface area contributed by atoms with Gasteiger partial charge in [0.25, 0.3) is 11.8 Å². The average Bonchev–Trinajstić information content (AvgIpc) is 2.64. The zero-order valence-corrected chi connectivity index (χ0v) is 10.4. The smallest absolute Gasteiger partial charge is 0.266 e. The van der Waals surface area contributed by atoms with Crippen LogP contribution in [0.25, 0.3) is 0 Å². The molecule has 0 unspecified atom stereocenters. The fraction of sp³-hybridized carbons (Fsp3) is 0.273. The molecule has 7 heteroatoms. The molecule has 0 fully saturated rings. The summed E-state index contributed by atoms with van der Waals surface area (Å²) in [5, 5.41) is 4.86. The van der Waals surface area contributed by atoms with Crippen molar-refractivity contribution in [2.45, 2.75) is 13.3 Å². The Hall–Kier alpha value is -1.41. The highest BCUT2D eigenvalue weighted by Gasteiger charge is 2.37. The number of hydroxylamine groups is 2. The summed E-state index contributed by atoms with van der Waals surface area (Å²) in [5.74, 6) is -0.426. The largest absolute Gasteiger partial charge is 0.288 e. The van der Waals surface area contributed by atoms with Gasteiger partial charge >= 0.3 is 0 Å². The molecule has 96 valence electrons. The fourth-order valence-corrected chi connectivity index (χ4v) is 1.71. The number of carbonyl (C=O) groups is 2. The lowest BCUT2D eigenvalue weighted by atomic mass is 10.1. The second-order valence-electron chi connectivity index (χ2n) is 3.48. The second kappa shape index (κ2) is 5.96. The van der Waals surface area contributed by atoms with Crippen LogP contribution in [0.3, 0.4) is 0 Å². The van der Waals surface area contributed by atoms with E-state index < -0.39 is 11.8 Å². The van der Waals surface area contributed by atoms with Crippen LogP contribution in [0.5, 0.6) is 0 Å². The number of amides is 2. The summed E-state index contributed by atoms with van der Waals surface area (Å²) in [4.78, 5) is 28.1. The van der Waals surface area contributed by atoms with Crippen LogP contribution in [-0.4, -0.2) is 22.6 Å². The molecule has 0 aromatic heterocycles. The van der Waals surface area contributed by atoms with Crippen molar-refractivity contribution in [2.24, 2.45) is 0 Å². The van der Waals surface area contributed by atoms with E-state index in [2.05, 4.69) is 14.4 Å². The Balaban J connectivity index is 1.93. The molecule has 0 saturated carbocycles. The molecule has 0 atom stereocenters. The molecule has 0 aliphatic carbocycles. The van der Waals surface area contributed by atoms with E-state index in [1.54, 1.807) is 24.3 Å². The summed E-state index contributed by atoms with van der Waals surface area (Å²) in [5.41, 5.74) is 0.569. The van der Waals surface area contributed by atoms with E-state index in [9.17, 15) is 9.59 Å². The lowest BCUT2D eigenvalue weighted by molar-refractivity contribution is -0.517. The zero-order chi connectivity index (χ0) is 13.0. The standard InChI is InChI=1S/C11H11NO5S/c1-2-7-18-17-16-15-12-10(13)8-5-3-4-6-9(8)11(12)14/h3-6H,2,7H2,1H3. The number of nitrogens with zero attached hydrogens (tertiary/aromatic N) is 1. The van der Waals surface area contributed by atoms with Crippen molar-refractivity contribution in [3.63, 3.8) is 0 Å². The van der Waals surface area contributed by atoms with Crippen LogP contribution in [-0.2, 0) is 14.4 Å². The minimum absolute atomic E-state index is 0.285. The Labute approximate surface area is 108 Å². The van der Waals surface area contributed by atoms with Crippen LogP contribution in [0.1, 0.15) is 34.1 Å². The molecule has 0 spiro atoms. The summed E-state index contributed by atoms with van der Waals surface area (Å²) in [6.07, 6.45) is 0.904. The zero-order valence-electron chi connectivity index (χ0n) is 9.62. The predicted molar refractivity (Wildman–Crippen MR) is 62.9 cm³/mol.